The summed E-state index contributed by atoms with van der Waals surface area (Å²) < 4.78 is 56.3. The molecule has 2 aromatic carbocycles. The lowest BCUT2D eigenvalue weighted by Gasteiger charge is -2.35. The van der Waals surface area contributed by atoms with Gasteiger partial charge in [-0.15, -0.1) is 0 Å². The fourth-order valence-corrected chi connectivity index (χ4v) is 4.55. The number of benzene rings is 2. The van der Waals surface area contributed by atoms with E-state index in [-0.39, 0.29) is 11.2 Å². The highest BCUT2D eigenvalue weighted by molar-refractivity contribution is 6.09. The van der Waals surface area contributed by atoms with Crippen molar-refractivity contribution in [3.63, 3.8) is 0 Å². The number of hydrogen-bond acceptors (Lipinski definition) is 5. The fraction of sp³-hybridized carbons (Fsp3) is 0.367. The number of nitrogens with zero attached hydrogens (tertiary/aromatic N) is 2. The van der Waals surface area contributed by atoms with Crippen LogP contribution in [-0.4, -0.2) is 55.7 Å². The highest BCUT2D eigenvalue weighted by Gasteiger charge is 2.39. The van der Waals surface area contributed by atoms with Gasteiger partial charge < -0.3 is 25.8 Å². The Morgan fingerprint density at radius 2 is 1.75 bits per heavy atom. The van der Waals surface area contributed by atoms with Crippen LogP contribution in [-0.2, 0) is 11.3 Å². The maximum Gasteiger partial charge on any atom is 0.417 e. The van der Waals surface area contributed by atoms with E-state index >= 15 is 4.39 Å². The molecular formula is C30H35F4N5O. The van der Waals surface area contributed by atoms with Crippen LogP contribution in [0.3, 0.4) is 0 Å². The Balaban J connectivity index is 1.71. The molecule has 0 bridgehead atoms. The number of likely N-dealkylation sites (N-methyl/N-ethyl adjacent to an activating group) is 1. The SMILES string of the molecule is C=C1C=C(C(F)(F)F)C(C(=O)Nc2cc(-c3cc(CNC(C)(C)C)ccc3F)ccc2N2CCN(C)CC2)=CN1. The van der Waals surface area contributed by atoms with Gasteiger partial charge in [0, 0.05) is 55.7 Å². The van der Waals surface area contributed by atoms with Gasteiger partial charge in [-0.2, -0.15) is 13.2 Å². The number of alkyl halides is 3. The third kappa shape index (κ3) is 7.11. The van der Waals surface area contributed by atoms with E-state index in [2.05, 4.69) is 32.3 Å². The van der Waals surface area contributed by atoms with Gasteiger partial charge in [-0.05, 0) is 69.3 Å². The Bertz CT molecular complexity index is 1350. The van der Waals surface area contributed by atoms with Gasteiger partial charge in [-0.25, -0.2) is 4.39 Å². The topological polar surface area (TPSA) is 59.6 Å². The number of anilines is 2. The molecule has 1 amide bonds. The van der Waals surface area contributed by atoms with Crippen molar-refractivity contribution in [2.75, 3.05) is 43.4 Å². The van der Waals surface area contributed by atoms with Crippen molar-refractivity contribution < 1.29 is 22.4 Å². The summed E-state index contributed by atoms with van der Waals surface area (Å²) in [5.74, 6) is -1.37. The van der Waals surface area contributed by atoms with Gasteiger partial charge in [0.2, 0.25) is 0 Å². The second-order valence-corrected chi connectivity index (χ2v) is 11.2. The number of piperazine rings is 1. The molecule has 0 aromatic heterocycles. The predicted molar refractivity (Wildman–Crippen MR) is 151 cm³/mol. The molecule has 0 aliphatic carbocycles. The van der Waals surface area contributed by atoms with Gasteiger partial charge in [-0.3, -0.25) is 4.79 Å². The second-order valence-electron chi connectivity index (χ2n) is 11.2. The number of dihydropyridines is 1. The van der Waals surface area contributed by atoms with Gasteiger partial charge in [0.25, 0.3) is 5.91 Å². The van der Waals surface area contributed by atoms with E-state index in [9.17, 15) is 18.0 Å². The minimum absolute atomic E-state index is 0.0281. The standard InChI is InChI=1S/C30H35F4N5O/c1-19-14-24(30(32,33)34)23(18-35-19)28(40)37-26-16-21(7-9-27(26)39-12-10-38(5)11-13-39)22-15-20(6-8-25(22)31)17-36-29(2,3)4/h6-9,14-16,18,35-36H,1,10-13,17H2,2-5H3,(H,37,40). The number of allylic oxidation sites excluding steroid dienone is 1. The first-order valence-corrected chi connectivity index (χ1v) is 13.1. The molecule has 1 saturated heterocycles. The molecule has 0 radical (unpaired) electrons. The molecule has 1 fully saturated rings. The summed E-state index contributed by atoms with van der Waals surface area (Å²) in [6, 6.07) is 10.0. The maximum atomic E-state index is 15.1. The number of hydrogen-bond donors (Lipinski definition) is 3. The smallest absolute Gasteiger partial charge is 0.367 e. The quantitative estimate of drug-likeness (QED) is 0.406. The van der Waals surface area contributed by atoms with Crippen LogP contribution in [0.2, 0.25) is 0 Å². The van der Waals surface area contributed by atoms with Gasteiger partial charge in [0.1, 0.15) is 5.82 Å². The Hall–Kier alpha value is -3.63. The summed E-state index contributed by atoms with van der Waals surface area (Å²) in [6.45, 7) is 13.0. The Morgan fingerprint density at radius 3 is 2.40 bits per heavy atom. The zero-order valence-electron chi connectivity index (χ0n) is 23.2. The third-order valence-corrected chi connectivity index (χ3v) is 6.81. The summed E-state index contributed by atoms with van der Waals surface area (Å²) >= 11 is 0. The molecule has 2 aliphatic heterocycles. The minimum atomic E-state index is -4.75. The van der Waals surface area contributed by atoms with Gasteiger partial charge in [-0.1, -0.05) is 18.7 Å². The molecule has 214 valence electrons. The first-order chi connectivity index (χ1) is 18.7. The summed E-state index contributed by atoms with van der Waals surface area (Å²) in [6.07, 6.45) is -2.94. The average Bonchev–Trinajstić information content (AvgIpc) is 2.88. The Kier molecular flexibility index (Phi) is 8.41. The van der Waals surface area contributed by atoms with Crippen LogP contribution in [0.15, 0.2) is 72.1 Å². The van der Waals surface area contributed by atoms with E-state index in [0.29, 0.717) is 42.1 Å². The largest absolute Gasteiger partial charge is 0.417 e. The van der Waals surface area contributed by atoms with E-state index < -0.39 is 29.0 Å². The fourth-order valence-electron chi connectivity index (χ4n) is 4.55. The third-order valence-electron chi connectivity index (χ3n) is 6.81. The van der Waals surface area contributed by atoms with Crippen molar-refractivity contribution >= 4 is 17.3 Å². The van der Waals surface area contributed by atoms with Gasteiger partial charge in [0.15, 0.2) is 0 Å². The van der Waals surface area contributed by atoms with E-state index in [0.717, 1.165) is 30.9 Å². The van der Waals surface area contributed by atoms with Crippen molar-refractivity contribution in [2.45, 2.75) is 39.0 Å². The van der Waals surface area contributed by atoms with Crippen molar-refractivity contribution in [3.8, 4) is 11.1 Å². The molecule has 4 rings (SSSR count). The van der Waals surface area contributed by atoms with Crippen molar-refractivity contribution in [3.05, 3.63) is 83.5 Å². The Labute approximate surface area is 232 Å². The molecule has 2 aromatic rings. The van der Waals surface area contributed by atoms with Crippen LogP contribution in [0.4, 0.5) is 28.9 Å². The highest BCUT2D eigenvalue weighted by atomic mass is 19.4. The normalized spacial score (nSPS) is 16.8. The van der Waals surface area contributed by atoms with Crippen molar-refractivity contribution in [2.24, 2.45) is 0 Å². The molecular weight excluding hydrogens is 522 g/mol. The summed E-state index contributed by atoms with van der Waals surface area (Å²) in [5, 5.41) is 8.66. The average molecular weight is 558 g/mol. The summed E-state index contributed by atoms with van der Waals surface area (Å²) in [4.78, 5) is 17.5. The minimum Gasteiger partial charge on any atom is -0.367 e. The van der Waals surface area contributed by atoms with Crippen LogP contribution in [0, 0.1) is 5.82 Å². The van der Waals surface area contributed by atoms with E-state index in [4.69, 9.17) is 0 Å². The lowest BCUT2D eigenvalue weighted by molar-refractivity contribution is -0.115. The number of carbonyl (C=O) groups excluding carboxylic acids is 1. The molecule has 40 heavy (non-hydrogen) atoms. The van der Waals surface area contributed by atoms with E-state index in [1.165, 1.54) is 6.07 Å². The molecule has 0 spiro atoms. The molecule has 0 unspecified atom stereocenters. The monoisotopic (exact) mass is 557 g/mol. The first kappa shape index (κ1) is 29.4. The van der Waals surface area contributed by atoms with Crippen LogP contribution >= 0.6 is 0 Å². The van der Waals surface area contributed by atoms with Crippen LogP contribution < -0.4 is 20.9 Å². The first-order valence-electron chi connectivity index (χ1n) is 13.1. The number of rotatable bonds is 6. The number of halogens is 4. The lowest BCUT2D eigenvalue weighted by Crippen LogP contribution is -2.44. The maximum absolute atomic E-state index is 15.1. The second kappa shape index (κ2) is 11.5. The highest BCUT2D eigenvalue weighted by Crippen LogP contribution is 2.37. The molecule has 10 heteroatoms. The Morgan fingerprint density at radius 1 is 1.05 bits per heavy atom. The molecule has 2 aliphatic rings. The van der Waals surface area contributed by atoms with E-state index in [1.54, 1.807) is 30.3 Å². The van der Waals surface area contributed by atoms with Gasteiger partial charge >= 0.3 is 6.18 Å². The number of nitrogens with one attached hydrogen (secondary N) is 3. The van der Waals surface area contributed by atoms with E-state index in [1.807, 2.05) is 27.8 Å². The van der Waals surface area contributed by atoms with Crippen molar-refractivity contribution in [1.29, 1.82) is 0 Å². The van der Waals surface area contributed by atoms with Crippen molar-refractivity contribution in [1.82, 2.24) is 15.5 Å². The van der Waals surface area contributed by atoms with Crippen LogP contribution in [0.1, 0.15) is 26.3 Å². The molecule has 3 N–H and O–H groups in total. The van der Waals surface area contributed by atoms with Crippen LogP contribution in [0.25, 0.3) is 11.1 Å². The molecule has 0 saturated carbocycles. The zero-order valence-corrected chi connectivity index (χ0v) is 23.2. The molecule has 6 nitrogen and oxygen atoms in total. The van der Waals surface area contributed by atoms with Gasteiger partial charge in [0.05, 0.1) is 22.5 Å². The predicted octanol–water partition coefficient (Wildman–Crippen LogP) is 5.56. The molecule has 2 heterocycles. The van der Waals surface area contributed by atoms with Crippen LogP contribution in [0.5, 0.6) is 0 Å². The summed E-state index contributed by atoms with van der Waals surface area (Å²) in [7, 11) is 2.01. The number of carbonyl (C=O) groups is 1. The zero-order chi connectivity index (χ0) is 29.2. The summed E-state index contributed by atoms with van der Waals surface area (Å²) in [5.41, 5.74) is 0.915. The lowest BCUT2D eigenvalue weighted by atomic mass is 9.99. The number of amides is 1. The molecule has 0 atom stereocenters.